The Bertz CT molecular complexity index is 2300. The van der Waals surface area contributed by atoms with Gasteiger partial charge in [0.05, 0.1) is 43.4 Å². The van der Waals surface area contributed by atoms with Gasteiger partial charge >= 0.3 is 23.5 Å². The van der Waals surface area contributed by atoms with E-state index in [1.807, 2.05) is 6.92 Å². The molecule has 0 spiro atoms. The van der Waals surface area contributed by atoms with Crippen molar-refractivity contribution >= 4 is 52.3 Å². The maximum Gasteiger partial charge on any atom is 0.490 e. The summed E-state index contributed by atoms with van der Waals surface area (Å²) in [6.45, 7) is 1.09. The van der Waals surface area contributed by atoms with Crippen LogP contribution in [0.5, 0.6) is 5.75 Å². The minimum atomic E-state index is -5.71. The van der Waals surface area contributed by atoms with E-state index in [4.69, 9.17) is 40.0 Å². The molecule has 1 fully saturated rings. The second-order valence-corrected chi connectivity index (χ2v) is 16.8. The standard InChI is InChI=1S/C31H42N9O17P3/c1-2-3-11-35-29(42)20-6-4-8-22(15-20)53-19-25(38-39-33)52-14-13-51-18-24(41)34-12-5-7-21-16-40(28-27(21)30(43)37-31(32)36-28)26-10-9-23(55-26)17-54-59(47,48)57-60(49,50)56-58(44,45)46/h4,6,8,15-16,23,25-26H,2-3,9-14,17-19H2,1H3,(H,34,41)(H,35,42)(H,47,48)(H,49,50)(H2,44,45,46)(H3,32,36,37,43)/t23-,25?,26+/m0/s1. The second kappa shape index (κ2) is 22.3. The number of nitrogen functional groups attached to an aromatic ring is 1. The normalized spacial score (nSPS) is 17.7. The molecule has 0 bridgehead atoms. The van der Waals surface area contributed by atoms with Crippen LogP contribution in [-0.2, 0) is 45.8 Å². The van der Waals surface area contributed by atoms with Crippen LogP contribution < -0.4 is 26.7 Å². The lowest BCUT2D eigenvalue weighted by Crippen LogP contribution is -2.29. The third-order valence-electron chi connectivity index (χ3n) is 7.79. The number of hydrogen-bond donors (Lipinski definition) is 8. The first-order valence-electron chi connectivity index (χ1n) is 17.7. The third-order valence-corrected chi connectivity index (χ3v) is 11.6. The van der Waals surface area contributed by atoms with E-state index in [1.54, 1.807) is 24.3 Å². The predicted octanol–water partition coefficient (Wildman–Crippen LogP) is 2.07. The number of ether oxygens (including phenoxy) is 4. The molecule has 0 saturated carbocycles. The summed E-state index contributed by atoms with van der Waals surface area (Å²) in [6, 6.07) is 6.48. The Hall–Kier alpha value is -4.66. The molecule has 9 N–H and O–H groups in total. The highest BCUT2D eigenvalue weighted by molar-refractivity contribution is 7.66. The van der Waals surface area contributed by atoms with Crippen LogP contribution >= 0.6 is 23.5 Å². The Balaban J connectivity index is 1.24. The van der Waals surface area contributed by atoms with E-state index >= 15 is 0 Å². The number of benzene rings is 1. The first-order chi connectivity index (χ1) is 28.4. The number of aromatic nitrogens is 3. The van der Waals surface area contributed by atoms with Crippen LogP contribution in [0.25, 0.3) is 21.5 Å². The van der Waals surface area contributed by atoms with Crippen LogP contribution in [0.2, 0.25) is 0 Å². The number of unbranched alkanes of at least 4 members (excludes halogenated alkanes) is 1. The van der Waals surface area contributed by atoms with Gasteiger partial charge in [-0.3, -0.25) is 23.9 Å². The van der Waals surface area contributed by atoms with Crippen LogP contribution in [0, 0.1) is 11.8 Å². The summed E-state index contributed by atoms with van der Waals surface area (Å²) in [5, 5.41) is 8.93. The molecule has 2 amide bonds. The maximum absolute atomic E-state index is 12.9. The minimum Gasteiger partial charge on any atom is -0.491 e. The van der Waals surface area contributed by atoms with Crippen molar-refractivity contribution in [3.63, 3.8) is 0 Å². The molecule has 3 heterocycles. The largest absolute Gasteiger partial charge is 0.491 e. The summed E-state index contributed by atoms with van der Waals surface area (Å²) in [4.78, 5) is 83.3. The Morgan fingerprint density at radius 3 is 2.68 bits per heavy atom. The number of nitrogens with zero attached hydrogens (tertiary/aromatic N) is 5. The van der Waals surface area contributed by atoms with Gasteiger partial charge in [0.1, 0.15) is 25.2 Å². The van der Waals surface area contributed by atoms with Gasteiger partial charge in [-0.15, -0.1) is 0 Å². The van der Waals surface area contributed by atoms with Crippen LogP contribution in [-0.4, -0.2) is 104 Å². The van der Waals surface area contributed by atoms with Crippen LogP contribution in [0.4, 0.5) is 5.95 Å². The van der Waals surface area contributed by atoms with E-state index in [1.165, 1.54) is 10.8 Å². The van der Waals surface area contributed by atoms with Gasteiger partial charge in [0.15, 0.2) is 11.9 Å². The molecule has 0 aliphatic carbocycles. The van der Waals surface area contributed by atoms with Crippen LogP contribution in [0.15, 0.2) is 40.4 Å². The molecule has 5 atom stereocenters. The number of phosphoric ester groups is 1. The monoisotopic (exact) mass is 905 g/mol. The maximum atomic E-state index is 12.9. The number of H-pyrrole nitrogens is 1. The predicted molar refractivity (Wildman–Crippen MR) is 206 cm³/mol. The van der Waals surface area contributed by atoms with Gasteiger partial charge in [-0.25, -0.2) is 13.7 Å². The van der Waals surface area contributed by atoms with Gasteiger partial charge in [0.2, 0.25) is 11.9 Å². The number of azide groups is 1. The van der Waals surface area contributed by atoms with Crippen molar-refractivity contribution < 1.29 is 75.0 Å². The number of anilines is 1. The van der Waals surface area contributed by atoms with Crippen molar-refractivity contribution in [1.82, 2.24) is 25.2 Å². The topological polar surface area (TPSA) is 380 Å². The van der Waals surface area contributed by atoms with Crippen molar-refractivity contribution in [1.29, 1.82) is 0 Å². The number of carbonyl (C=O) groups is 2. The molecular formula is C31H42N9O17P3. The van der Waals surface area contributed by atoms with Gasteiger partial charge in [-0.2, -0.15) is 13.6 Å². The van der Waals surface area contributed by atoms with Crippen molar-refractivity contribution in [3.05, 3.63) is 62.4 Å². The Labute approximate surface area is 340 Å². The third kappa shape index (κ3) is 15.7. The molecule has 2 aromatic heterocycles. The lowest BCUT2D eigenvalue weighted by Gasteiger charge is -2.19. The van der Waals surface area contributed by atoms with E-state index in [0.717, 1.165) is 12.8 Å². The van der Waals surface area contributed by atoms with Gasteiger partial charge in [0.25, 0.3) is 11.5 Å². The molecule has 1 aliphatic rings. The van der Waals surface area contributed by atoms with E-state index in [2.05, 4.69) is 55.6 Å². The molecule has 3 aromatic rings. The smallest absolute Gasteiger partial charge is 0.490 e. The van der Waals surface area contributed by atoms with Crippen LogP contribution in [0.3, 0.4) is 0 Å². The zero-order chi connectivity index (χ0) is 43.9. The zero-order valence-corrected chi connectivity index (χ0v) is 34.3. The fourth-order valence-electron chi connectivity index (χ4n) is 5.27. The molecule has 1 aliphatic heterocycles. The van der Waals surface area contributed by atoms with Crippen molar-refractivity contribution in [2.45, 2.75) is 51.2 Å². The number of nitrogens with one attached hydrogen (secondary N) is 3. The number of amides is 2. The molecule has 0 radical (unpaired) electrons. The first-order valence-corrected chi connectivity index (χ1v) is 22.2. The lowest BCUT2D eigenvalue weighted by atomic mass is 10.2. The Morgan fingerprint density at radius 2 is 1.95 bits per heavy atom. The van der Waals surface area contributed by atoms with Gasteiger partial charge in [-0.05, 0) is 43.0 Å². The molecule has 29 heteroatoms. The summed E-state index contributed by atoms with van der Waals surface area (Å²) >= 11 is 0. The average Bonchev–Trinajstić information content (AvgIpc) is 3.78. The Kier molecular flexibility index (Phi) is 17.8. The molecule has 1 saturated heterocycles. The van der Waals surface area contributed by atoms with Crippen molar-refractivity contribution in [2.24, 2.45) is 5.11 Å². The number of nitrogens with two attached hydrogens (primary N) is 1. The highest BCUT2D eigenvalue weighted by Gasteiger charge is 2.41. The molecule has 60 heavy (non-hydrogen) atoms. The van der Waals surface area contributed by atoms with E-state index < -0.39 is 60.1 Å². The number of rotatable bonds is 23. The summed E-state index contributed by atoms with van der Waals surface area (Å²) in [5.74, 6) is 4.87. The average molecular weight is 906 g/mol. The molecule has 328 valence electrons. The number of fused-ring (bicyclic) bond motifs is 1. The van der Waals surface area contributed by atoms with E-state index in [9.17, 15) is 37.9 Å². The zero-order valence-electron chi connectivity index (χ0n) is 31.6. The van der Waals surface area contributed by atoms with Crippen LogP contribution in [0.1, 0.15) is 54.8 Å². The second-order valence-electron chi connectivity index (χ2n) is 12.4. The van der Waals surface area contributed by atoms with Crippen molar-refractivity contribution in [3.8, 4) is 17.6 Å². The first kappa shape index (κ1) is 48.0. The summed E-state index contributed by atoms with van der Waals surface area (Å²) in [7, 11) is -16.7. The van der Waals surface area contributed by atoms with Gasteiger partial charge in [-0.1, -0.05) is 36.4 Å². The highest BCUT2D eigenvalue weighted by atomic mass is 31.3. The SMILES string of the molecule is CCCCNC(=O)c1cccc(OCC(N=[N+]=[N-])OCCOCC(=O)NCC#Cc2cn([C@H]3CC[C@@H](COP(=O)(O)OP(=O)(O)OP(=O)(O)O)O3)c3nc(N)[nH]c(=O)c23)c1. The molecule has 26 nitrogen and oxygen atoms in total. The van der Waals surface area contributed by atoms with E-state index in [-0.39, 0.29) is 74.3 Å². The number of aromatic amines is 1. The molecule has 3 unspecified atom stereocenters. The summed E-state index contributed by atoms with van der Waals surface area (Å²) < 4.78 is 70.3. The van der Waals surface area contributed by atoms with E-state index in [0.29, 0.717) is 17.9 Å². The fourth-order valence-corrected chi connectivity index (χ4v) is 8.32. The number of hydrogen-bond acceptors (Lipinski definition) is 16. The summed E-state index contributed by atoms with van der Waals surface area (Å²) in [6.07, 6.45) is 0.884. The quantitative estimate of drug-likeness (QED) is 0.0169. The lowest BCUT2D eigenvalue weighted by molar-refractivity contribution is -0.126. The van der Waals surface area contributed by atoms with Crippen molar-refractivity contribution in [2.75, 3.05) is 51.9 Å². The van der Waals surface area contributed by atoms with Gasteiger partial charge < -0.3 is 59.5 Å². The molecular weight excluding hydrogens is 863 g/mol. The highest BCUT2D eigenvalue weighted by Crippen LogP contribution is 2.66. The fraction of sp³-hybridized carbons (Fsp3) is 0.484. The number of carbonyl (C=O) groups excluding carboxylic acids is 2. The molecule has 4 rings (SSSR count). The summed E-state index contributed by atoms with van der Waals surface area (Å²) in [5.41, 5.74) is 14.7. The van der Waals surface area contributed by atoms with Gasteiger partial charge in [0, 0.05) is 23.2 Å². The molecule has 1 aromatic carbocycles. The minimum absolute atomic E-state index is 0.0369. The Morgan fingerprint density at radius 1 is 1.17 bits per heavy atom. The number of phosphoric acid groups is 3.